The van der Waals surface area contributed by atoms with Gasteiger partial charge in [0.2, 0.25) is 0 Å². The SMILES string of the molecule is N/C(=C\[N+](=O)[O-])N(CCF)Cc1ccc(Cl)nc1. The molecule has 0 amide bonds. The van der Waals surface area contributed by atoms with Crippen LogP contribution in [0.15, 0.2) is 30.4 Å². The second kappa shape index (κ2) is 6.75. The van der Waals surface area contributed by atoms with Gasteiger partial charge in [0.05, 0.1) is 4.92 Å². The largest absolute Gasteiger partial charge is 0.380 e. The van der Waals surface area contributed by atoms with Crippen molar-refractivity contribution in [2.24, 2.45) is 5.73 Å². The van der Waals surface area contributed by atoms with Gasteiger partial charge in [-0.05, 0) is 11.6 Å². The molecule has 0 aliphatic rings. The van der Waals surface area contributed by atoms with Crippen LogP contribution in [0.1, 0.15) is 5.56 Å². The van der Waals surface area contributed by atoms with Crippen LogP contribution in [0.3, 0.4) is 0 Å². The molecule has 0 fully saturated rings. The van der Waals surface area contributed by atoms with Gasteiger partial charge in [-0.15, -0.1) is 0 Å². The zero-order valence-corrected chi connectivity index (χ0v) is 10.2. The van der Waals surface area contributed by atoms with Crippen LogP contribution in [-0.4, -0.2) is 28.0 Å². The van der Waals surface area contributed by atoms with Gasteiger partial charge in [-0.2, -0.15) is 0 Å². The number of nitrogens with zero attached hydrogens (tertiary/aromatic N) is 3. The molecule has 1 aromatic heterocycles. The Kier molecular flexibility index (Phi) is 5.31. The maximum absolute atomic E-state index is 12.4. The molecule has 2 N–H and O–H groups in total. The monoisotopic (exact) mass is 274 g/mol. The molecule has 1 heterocycles. The first-order chi connectivity index (χ1) is 8.52. The molecule has 0 spiro atoms. The first-order valence-electron chi connectivity index (χ1n) is 5.05. The van der Waals surface area contributed by atoms with Crippen molar-refractivity contribution < 1.29 is 9.31 Å². The van der Waals surface area contributed by atoms with Gasteiger partial charge < -0.3 is 10.6 Å². The first kappa shape index (κ1) is 14.2. The van der Waals surface area contributed by atoms with E-state index in [9.17, 15) is 14.5 Å². The summed E-state index contributed by atoms with van der Waals surface area (Å²) < 4.78 is 12.4. The number of hydrogen-bond acceptors (Lipinski definition) is 5. The summed E-state index contributed by atoms with van der Waals surface area (Å²) in [6.07, 6.45) is 2.14. The lowest BCUT2D eigenvalue weighted by Crippen LogP contribution is -2.30. The number of rotatable bonds is 6. The highest BCUT2D eigenvalue weighted by molar-refractivity contribution is 6.29. The highest BCUT2D eigenvalue weighted by atomic mass is 35.5. The third-order valence-corrected chi connectivity index (χ3v) is 2.34. The minimum Gasteiger partial charge on any atom is -0.380 e. The molecular formula is C10H12ClFN4O2. The third-order valence-electron chi connectivity index (χ3n) is 2.12. The summed E-state index contributed by atoms with van der Waals surface area (Å²) in [6.45, 7) is -0.462. The molecule has 1 aromatic rings. The number of aromatic nitrogens is 1. The molecule has 0 radical (unpaired) electrons. The number of hydrogen-bond donors (Lipinski definition) is 1. The van der Waals surface area contributed by atoms with Gasteiger partial charge in [0, 0.05) is 19.3 Å². The number of nitrogens with two attached hydrogens (primary N) is 1. The van der Waals surface area contributed by atoms with Crippen LogP contribution in [0.4, 0.5) is 4.39 Å². The number of pyridine rings is 1. The summed E-state index contributed by atoms with van der Waals surface area (Å²) in [4.78, 5) is 14.9. The molecule has 98 valence electrons. The summed E-state index contributed by atoms with van der Waals surface area (Å²) in [6, 6.07) is 3.28. The van der Waals surface area contributed by atoms with Crippen molar-refractivity contribution in [3.05, 3.63) is 51.2 Å². The fraction of sp³-hybridized carbons (Fsp3) is 0.300. The Morgan fingerprint density at radius 2 is 2.39 bits per heavy atom. The van der Waals surface area contributed by atoms with Gasteiger partial charge in [0.15, 0.2) is 5.82 Å². The Bertz CT molecular complexity index is 438. The van der Waals surface area contributed by atoms with Crippen molar-refractivity contribution in [1.29, 1.82) is 0 Å². The van der Waals surface area contributed by atoms with Crippen LogP contribution in [0, 0.1) is 10.1 Å². The van der Waals surface area contributed by atoms with Crippen molar-refractivity contribution in [3.8, 4) is 0 Å². The molecule has 0 saturated carbocycles. The molecule has 0 aliphatic heterocycles. The van der Waals surface area contributed by atoms with E-state index < -0.39 is 11.6 Å². The van der Waals surface area contributed by atoms with E-state index >= 15 is 0 Å². The minimum atomic E-state index is -0.680. The van der Waals surface area contributed by atoms with Gasteiger partial charge in [-0.25, -0.2) is 9.37 Å². The molecule has 6 nitrogen and oxygen atoms in total. The maximum atomic E-state index is 12.4. The molecule has 1 rings (SSSR count). The quantitative estimate of drug-likeness (QED) is 0.483. The Morgan fingerprint density at radius 3 is 2.89 bits per heavy atom. The summed E-state index contributed by atoms with van der Waals surface area (Å²) in [7, 11) is 0. The van der Waals surface area contributed by atoms with Gasteiger partial charge in [-0.3, -0.25) is 10.1 Å². The topological polar surface area (TPSA) is 85.3 Å². The Morgan fingerprint density at radius 1 is 1.67 bits per heavy atom. The van der Waals surface area contributed by atoms with Crippen LogP contribution in [-0.2, 0) is 6.54 Å². The Hall–Kier alpha value is -1.89. The van der Waals surface area contributed by atoms with Crippen LogP contribution < -0.4 is 5.73 Å². The normalized spacial score (nSPS) is 11.3. The fourth-order valence-corrected chi connectivity index (χ4v) is 1.42. The summed E-state index contributed by atoms with van der Waals surface area (Å²) in [5, 5.41) is 10.7. The average molecular weight is 275 g/mol. The molecule has 0 saturated heterocycles. The van der Waals surface area contributed by atoms with Crippen LogP contribution in [0.5, 0.6) is 0 Å². The molecule has 0 atom stereocenters. The first-order valence-corrected chi connectivity index (χ1v) is 5.43. The van der Waals surface area contributed by atoms with E-state index in [1.54, 1.807) is 12.1 Å². The Balaban J connectivity index is 2.79. The summed E-state index contributed by atoms with van der Waals surface area (Å²) >= 11 is 5.63. The van der Waals surface area contributed by atoms with Crippen molar-refractivity contribution >= 4 is 11.6 Å². The van der Waals surface area contributed by atoms with Crippen LogP contribution in [0.25, 0.3) is 0 Å². The molecule has 0 aliphatic carbocycles. The van der Waals surface area contributed by atoms with Crippen molar-refractivity contribution in [1.82, 2.24) is 9.88 Å². The molecule has 8 heteroatoms. The molecule has 18 heavy (non-hydrogen) atoms. The number of alkyl halides is 1. The second-order valence-corrected chi connectivity index (χ2v) is 3.83. The Labute approximate surface area is 108 Å². The molecule has 0 bridgehead atoms. The fourth-order valence-electron chi connectivity index (χ4n) is 1.31. The lowest BCUT2D eigenvalue weighted by molar-refractivity contribution is -0.404. The van der Waals surface area contributed by atoms with E-state index in [0.29, 0.717) is 11.4 Å². The van der Waals surface area contributed by atoms with Crippen LogP contribution >= 0.6 is 11.6 Å². The van der Waals surface area contributed by atoms with Gasteiger partial charge in [0.25, 0.3) is 6.20 Å². The summed E-state index contributed by atoms with van der Waals surface area (Å²) in [5.74, 6) is -0.104. The number of halogens is 2. The zero-order valence-electron chi connectivity index (χ0n) is 9.42. The van der Waals surface area contributed by atoms with Crippen LogP contribution in [0.2, 0.25) is 5.15 Å². The zero-order chi connectivity index (χ0) is 13.5. The van der Waals surface area contributed by atoms with E-state index in [1.807, 2.05) is 0 Å². The van der Waals surface area contributed by atoms with Gasteiger partial charge in [-0.1, -0.05) is 17.7 Å². The molecule has 0 aromatic carbocycles. The maximum Gasteiger partial charge on any atom is 0.274 e. The molecule has 0 unspecified atom stereocenters. The van der Waals surface area contributed by atoms with Crippen molar-refractivity contribution in [2.45, 2.75) is 6.54 Å². The second-order valence-electron chi connectivity index (χ2n) is 3.44. The highest BCUT2D eigenvalue weighted by Crippen LogP contribution is 2.10. The summed E-state index contributed by atoms with van der Waals surface area (Å²) in [5.41, 5.74) is 6.24. The van der Waals surface area contributed by atoms with E-state index in [4.69, 9.17) is 17.3 Å². The van der Waals surface area contributed by atoms with E-state index in [1.165, 1.54) is 11.1 Å². The lowest BCUT2D eigenvalue weighted by Gasteiger charge is -2.21. The third kappa shape index (κ3) is 4.54. The van der Waals surface area contributed by atoms with Gasteiger partial charge >= 0.3 is 0 Å². The standard InChI is InChI=1S/C10H12ClFN4O2/c11-9-2-1-8(5-14-9)6-15(4-3-12)10(13)7-16(17)18/h1-2,5,7H,3-4,6,13H2/b10-7+. The van der Waals surface area contributed by atoms with E-state index in [0.717, 1.165) is 5.56 Å². The average Bonchev–Trinajstić information content (AvgIpc) is 2.30. The highest BCUT2D eigenvalue weighted by Gasteiger charge is 2.10. The number of nitro groups is 1. The van der Waals surface area contributed by atoms with Crippen molar-refractivity contribution in [3.63, 3.8) is 0 Å². The molecular weight excluding hydrogens is 263 g/mol. The van der Waals surface area contributed by atoms with Gasteiger partial charge in [0.1, 0.15) is 11.8 Å². The lowest BCUT2D eigenvalue weighted by atomic mass is 10.2. The smallest absolute Gasteiger partial charge is 0.274 e. The van der Waals surface area contributed by atoms with E-state index in [2.05, 4.69) is 4.98 Å². The minimum absolute atomic E-state index is 0.0290. The van der Waals surface area contributed by atoms with Crippen molar-refractivity contribution in [2.75, 3.05) is 13.2 Å². The van der Waals surface area contributed by atoms with E-state index in [-0.39, 0.29) is 18.9 Å². The predicted octanol–water partition coefficient (Wildman–Crippen LogP) is 1.54. The predicted molar refractivity (Wildman–Crippen MR) is 64.9 cm³/mol.